The Kier molecular flexibility index (Phi) is 4.69. The minimum absolute atomic E-state index is 0.225. The van der Waals surface area contributed by atoms with Crippen molar-refractivity contribution in [2.75, 3.05) is 6.61 Å². The fourth-order valence-corrected chi connectivity index (χ4v) is 2.07. The van der Waals surface area contributed by atoms with Crippen LogP contribution in [0.4, 0.5) is 0 Å². The highest BCUT2D eigenvalue weighted by Crippen LogP contribution is 2.49. The van der Waals surface area contributed by atoms with Crippen LogP contribution in [-0.4, -0.2) is 35.6 Å². The lowest BCUT2D eigenvalue weighted by molar-refractivity contribution is -0.146. The number of carboxylic acid groups (broad SMARTS) is 1. The average Bonchev–Trinajstić information content (AvgIpc) is 3.07. The summed E-state index contributed by atoms with van der Waals surface area (Å²) in [4.78, 5) is 33.9. The summed E-state index contributed by atoms with van der Waals surface area (Å²) in [5, 5.41) is 11.8. The minimum Gasteiger partial charge on any atom is -0.481 e. The molecule has 0 aromatic heterocycles. The molecule has 0 spiro atoms. The zero-order valence-corrected chi connectivity index (χ0v) is 10.7. The lowest BCUT2D eigenvalue weighted by Gasteiger charge is -2.23. The van der Waals surface area contributed by atoms with Gasteiger partial charge in [-0.2, -0.15) is 0 Å². The normalized spacial score (nSPS) is 17.7. The van der Waals surface area contributed by atoms with Crippen LogP contribution in [0.25, 0.3) is 0 Å². The Labute approximate surface area is 106 Å². The average molecular weight is 257 g/mol. The van der Waals surface area contributed by atoms with E-state index in [1.165, 1.54) is 0 Å². The van der Waals surface area contributed by atoms with E-state index in [4.69, 9.17) is 5.11 Å². The van der Waals surface area contributed by atoms with Crippen molar-refractivity contribution in [3.05, 3.63) is 0 Å². The number of aliphatic carboxylic acids is 1. The Hall–Kier alpha value is -1.59. The second-order valence-electron chi connectivity index (χ2n) is 4.47. The molecule has 1 amide bonds. The van der Waals surface area contributed by atoms with E-state index in [1.54, 1.807) is 6.92 Å². The van der Waals surface area contributed by atoms with E-state index in [1.807, 2.05) is 6.92 Å². The predicted octanol–water partition coefficient (Wildman–Crippen LogP) is 0.699. The van der Waals surface area contributed by atoms with E-state index in [-0.39, 0.29) is 13.0 Å². The van der Waals surface area contributed by atoms with Crippen LogP contribution in [0.5, 0.6) is 0 Å². The summed E-state index contributed by atoms with van der Waals surface area (Å²) >= 11 is 0. The Bertz CT molecular complexity index is 348. The van der Waals surface area contributed by atoms with E-state index >= 15 is 0 Å². The second kappa shape index (κ2) is 5.84. The fourth-order valence-electron chi connectivity index (χ4n) is 2.07. The van der Waals surface area contributed by atoms with Gasteiger partial charge in [0.2, 0.25) is 5.91 Å². The number of rotatable bonds is 7. The topological polar surface area (TPSA) is 92.7 Å². The van der Waals surface area contributed by atoms with Crippen molar-refractivity contribution in [2.24, 2.45) is 5.41 Å². The number of hydrogen-bond donors (Lipinski definition) is 2. The summed E-state index contributed by atoms with van der Waals surface area (Å²) in [5.74, 6) is -1.95. The Morgan fingerprint density at radius 1 is 1.33 bits per heavy atom. The van der Waals surface area contributed by atoms with Crippen LogP contribution in [0.3, 0.4) is 0 Å². The van der Waals surface area contributed by atoms with Crippen LogP contribution in [0.15, 0.2) is 0 Å². The van der Waals surface area contributed by atoms with E-state index in [2.05, 4.69) is 10.1 Å². The molecule has 1 aliphatic rings. The lowest BCUT2D eigenvalue weighted by Crippen LogP contribution is -2.45. The number of esters is 1. The minimum atomic E-state index is -0.884. The molecule has 2 N–H and O–H groups in total. The molecular formula is C12H19NO5. The summed E-state index contributed by atoms with van der Waals surface area (Å²) in [6.45, 7) is 3.70. The molecule has 1 saturated carbocycles. The third-order valence-electron chi connectivity index (χ3n) is 3.24. The van der Waals surface area contributed by atoms with Crippen LogP contribution < -0.4 is 5.32 Å². The molecule has 1 atom stereocenters. The monoisotopic (exact) mass is 257 g/mol. The molecular weight excluding hydrogens is 238 g/mol. The molecule has 0 heterocycles. The molecule has 0 radical (unpaired) electrons. The van der Waals surface area contributed by atoms with Gasteiger partial charge in [-0.05, 0) is 26.2 Å². The standard InChI is InChI=1S/C12H19NO5/c1-3-8(12(5-6-12)11(16)17)13-9(14)7-10(15)18-4-2/h8H,3-7H2,1-2H3,(H,13,14)(H,16,17). The van der Waals surface area contributed by atoms with E-state index in [0.717, 1.165) is 0 Å². The molecule has 102 valence electrons. The number of carboxylic acids is 1. The third kappa shape index (κ3) is 3.21. The highest BCUT2D eigenvalue weighted by Gasteiger charge is 2.55. The van der Waals surface area contributed by atoms with Crippen molar-refractivity contribution in [3.8, 4) is 0 Å². The zero-order chi connectivity index (χ0) is 13.8. The van der Waals surface area contributed by atoms with Crippen molar-refractivity contribution in [1.29, 1.82) is 0 Å². The summed E-state index contributed by atoms with van der Waals surface area (Å²) in [5.41, 5.74) is -0.834. The van der Waals surface area contributed by atoms with Crippen LogP contribution in [0.1, 0.15) is 39.5 Å². The van der Waals surface area contributed by atoms with Gasteiger partial charge in [-0.3, -0.25) is 14.4 Å². The number of carbonyl (C=O) groups excluding carboxylic acids is 2. The molecule has 18 heavy (non-hydrogen) atoms. The molecule has 0 aliphatic heterocycles. The van der Waals surface area contributed by atoms with Gasteiger partial charge in [0.15, 0.2) is 0 Å². The quantitative estimate of drug-likeness (QED) is 0.517. The maximum absolute atomic E-state index is 11.6. The molecule has 1 unspecified atom stereocenters. The van der Waals surface area contributed by atoms with Gasteiger partial charge in [-0.15, -0.1) is 0 Å². The van der Waals surface area contributed by atoms with Crippen molar-refractivity contribution < 1.29 is 24.2 Å². The first-order valence-electron chi connectivity index (χ1n) is 6.14. The summed E-state index contributed by atoms with van der Waals surface area (Å²) < 4.78 is 4.66. The molecule has 0 bridgehead atoms. The van der Waals surface area contributed by atoms with Gasteiger partial charge in [-0.25, -0.2) is 0 Å². The molecule has 1 aliphatic carbocycles. The van der Waals surface area contributed by atoms with Crippen LogP contribution in [0, 0.1) is 5.41 Å². The second-order valence-corrected chi connectivity index (χ2v) is 4.47. The molecule has 6 nitrogen and oxygen atoms in total. The van der Waals surface area contributed by atoms with Crippen LogP contribution in [0.2, 0.25) is 0 Å². The highest BCUT2D eigenvalue weighted by atomic mass is 16.5. The number of ether oxygens (including phenoxy) is 1. The van der Waals surface area contributed by atoms with Gasteiger partial charge in [0.25, 0.3) is 0 Å². The van der Waals surface area contributed by atoms with Gasteiger partial charge in [-0.1, -0.05) is 6.92 Å². The Morgan fingerprint density at radius 2 is 1.94 bits per heavy atom. The third-order valence-corrected chi connectivity index (χ3v) is 3.24. The molecule has 1 rings (SSSR count). The summed E-state index contributed by atoms with van der Waals surface area (Å²) in [7, 11) is 0. The molecule has 0 aromatic rings. The maximum atomic E-state index is 11.6. The first-order chi connectivity index (χ1) is 8.46. The smallest absolute Gasteiger partial charge is 0.315 e. The number of hydrogen-bond acceptors (Lipinski definition) is 4. The number of nitrogens with one attached hydrogen (secondary N) is 1. The number of amides is 1. The van der Waals surface area contributed by atoms with Crippen molar-refractivity contribution in [2.45, 2.75) is 45.6 Å². The van der Waals surface area contributed by atoms with Crippen molar-refractivity contribution in [3.63, 3.8) is 0 Å². The summed E-state index contributed by atoms with van der Waals surface area (Å²) in [6.07, 6.45) is 1.31. The van der Waals surface area contributed by atoms with Gasteiger partial charge in [0.1, 0.15) is 6.42 Å². The van der Waals surface area contributed by atoms with Crippen molar-refractivity contribution >= 4 is 17.8 Å². The Morgan fingerprint density at radius 3 is 2.33 bits per heavy atom. The maximum Gasteiger partial charge on any atom is 0.315 e. The molecule has 0 saturated heterocycles. The van der Waals surface area contributed by atoms with Gasteiger partial charge in [0, 0.05) is 6.04 Å². The molecule has 6 heteroatoms. The zero-order valence-electron chi connectivity index (χ0n) is 10.7. The fraction of sp³-hybridized carbons (Fsp3) is 0.750. The first kappa shape index (κ1) is 14.5. The molecule has 0 aromatic carbocycles. The van der Waals surface area contributed by atoms with Gasteiger partial charge in [0.05, 0.1) is 12.0 Å². The van der Waals surface area contributed by atoms with E-state index in [9.17, 15) is 14.4 Å². The van der Waals surface area contributed by atoms with Crippen LogP contribution >= 0.6 is 0 Å². The van der Waals surface area contributed by atoms with E-state index in [0.29, 0.717) is 19.3 Å². The lowest BCUT2D eigenvalue weighted by atomic mass is 9.94. The van der Waals surface area contributed by atoms with Gasteiger partial charge >= 0.3 is 11.9 Å². The van der Waals surface area contributed by atoms with E-state index < -0.39 is 29.3 Å². The Balaban J connectivity index is 2.51. The summed E-state index contributed by atoms with van der Waals surface area (Å²) in [6, 6.07) is -0.420. The van der Waals surface area contributed by atoms with Crippen LogP contribution in [-0.2, 0) is 19.1 Å². The van der Waals surface area contributed by atoms with Crippen molar-refractivity contribution in [1.82, 2.24) is 5.32 Å². The SMILES string of the molecule is CCOC(=O)CC(=O)NC(CC)C1(C(=O)O)CC1. The van der Waals surface area contributed by atoms with Gasteiger partial charge < -0.3 is 15.2 Å². The predicted molar refractivity (Wildman–Crippen MR) is 62.8 cm³/mol. The highest BCUT2D eigenvalue weighted by molar-refractivity contribution is 5.94. The largest absolute Gasteiger partial charge is 0.481 e. The number of carbonyl (C=O) groups is 3. The molecule has 1 fully saturated rings. The first-order valence-corrected chi connectivity index (χ1v) is 6.14.